The highest BCUT2D eigenvalue weighted by atomic mass is 16.2. The fraction of sp³-hybridized carbons (Fsp3) is 0. The van der Waals surface area contributed by atoms with E-state index < -0.39 is 0 Å². The van der Waals surface area contributed by atoms with Gasteiger partial charge in [0.25, 0.3) is 11.5 Å². The number of benzene rings is 2. The molecule has 4 nitrogen and oxygen atoms in total. The molecule has 4 rings (SSSR count). The summed E-state index contributed by atoms with van der Waals surface area (Å²) in [5, 5.41) is 0.465. The third kappa shape index (κ3) is 1.20. The van der Waals surface area contributed by atoms with Crippen LogP contribution in [0.1, 0.15) is 10.4 Å². The molecule has 0 saturated carbocycles. The summed E-state index contributed by atoms with van der Waals surface area (Å²) in [6.07, 6.45) is 0. The lowest BCUT2D eigenvalue weighted by Gasteiger charge is -2.05. The minimum absolute atomic E-state index is 0.130. The first-order chi connectivity index (χ1) is 9.27. The Morgan fingerprint density at radius 2 is 1.53 bits per heavy atom. The summed E-state index contributed by atoms with van der Waals surface area (Å²) < 4.78 is 1.52. The molecule has 90 valence electrons. The van der Waals surface area contributed by atoms with E-state index in [-0.39, 0.29) is 11.5 Å². The van der Waals surface area contributed by atoms with Crippen molar-refractivity contribution in [2.45, 2.75) is 0 Å². The predicted octanol–water partition coefficient (Wildman–Crippen LogP) is 2.07. The quantitative estimate of drug-likeness (QED) is 0.478. The smallest absolute Gasteiger partial charge is 0.268 e. The highest BCUT2D eigenvalue weighted by Crippen LogP contribution is 2.31. The Labute approximate surface area is 108 Å². The Morgan fingerprint density at radius 3 is 2.37 bits per heavy atom. The molecule has 0 radical (unpaired) electrons. The van der Waals surface area contributed by atoms with E-state index in [1.807, 2.05) is 24.3 Å². The van der Waals surface area contributed by atoms with E-state index in [4.69, 9.17) is 0 Å². The predicted molar refractivity (Wildman–Crippen MR) is 71.2 cm³/mol. The minimum atomic E-state index is -0.300. The Bertz CT molecular complexity index is 909. The Hall–Kier alpha value is -2.75. The molecule has 0 unspecified atom stereocenters. The Morgan fingerprint density at radius 1 is 0.842 bits per heavy atom. The zero-order valence-corrected chi connectivity index (χ0v) is 9.83. The Balaban J connectivity index is 2.25. The molecule has 0 N–H and O–H groups in total. The van der Waals surface area contributed by atoms with Gasteiger partial charge in [-0.25, -0.2) is 0 Å². The zero-order valence-electron chi connectivity index (χ0n) is 9.83. The maximum Gasteiger partial charge on any atom is 0.281 e. The first-order valence-electron chi connectivity index (χ1n) is 5.93. The number of fused-ring (bicyclic) bond motifs is 5. The molecule has 2 heterocycles. The number of hydrogen-bond acceptors (Lipinski definition) is 3. The average Bonchev–Trinajstić information content (AvgIpc) is 2.73. The summed E-state index contributed by atoms with van der Waals surface area (Å²) in [5.74, 6) is 0.304. The standard InChI is InChI=1S/C15H8N2O2/c18-14-11-7-3-4-8-12(11)17-13(16-14)9-5-1-2-6-10(9)15(17)19/h1-8H. The fourth-order valence-electron chi connectivity index (χ4n) is 2.54. The normalized spacial score (nSPS) is 12.5. The second-order valence-electron chi connectivity index (χ2n) is 4.44. The fourth-order valence-corrected chi connectivity index (χ4v) is 2.54. The van der Waals surface area contributed by atoms with E-state index in [1.165, 1.54) is 4.57 Å². The lowest BCUT2D eigenvalue weighted by Crippen LogP contribution is -2.16. The van der Waals surface area contributed by atoms with Crippen molar-refractivity contribution in [3.63, 3.8) is 0 Å². The minimum Gasteiger partial charge on any atom is -0.268 e. The molecular formula is C15H8N2O2. The monoisotopic (exact) mass is 248 g/mol. The van der Waals surface area contributed by atoms with Gasteiger partial charge in [-0.05, 0) is 18.2 Å². The van der Waals surface area contributed by atoms with Crippen molar-refractivity contribution < 1.29 is 4.79 Å². The summed E-state index contributed by atoms with van der Waals surface area (Å²) in [6.45, 7) is 0. The van der Waals surface area contributed by atoms with E-state index in [1.54, 1.807) is 24.3 Å². The molecule has 0 aliphatic carbocycles. The first-order valence-corrected chi connectivity index (χ1v) is 5.93. The van der Waals surface area contributed by atoms with Gasteiger partial charge in [-0.15, -0.1) is 0 Å². The molecule has 4 heteroatoms. The largest absolute Gasteiger partial charge is 0.281 e. The highest BCUT2D eigenvalue weighted by Gasteiger charge is 2.28. The van der Waals surface area contributed by atoms with Gasteiger partial charge in [0.05, 0.1) is 16.5 Å². The zero-order chi connectivity index (χ0) is 13.0. The van der Waals surface area contributed by atoms with Gasteiger partial charge in [-0.1, -0.05) is 30.3 Å². The first kappa shape index (κ1) is 10.2. The van der Waals surface area contributed by atoms with Crippen molar-refractivity contribution in [2.75, 3.05) is 0 Å². The molecular weight excluding hydrogens is 240 g/mol. The van der Waals surface area contributed by atoms with Crippen LogP contribution in [0, 0.1) is 0 Å². The average molecular weight is 248 g/mol. The van der Waals surface area contributed by atoms with Gasteiger partial charge in [-0.3, -0.25) is 14.2 Å². The lowest BCUT2D eigenvalue weighted by atomic mass is 10.1. The molecule has 0 saturated heterocycles. The molecule has 0 spiro atoms. The van der Waals surface area contributed by atoms with Gasteiger partial charge in [0.15, 0.2) is 5.82 Å². The van der Waals surface area contributed by atoms with Gasteiger partial charge in [0, 0.05) is 5.56 Å². The number of rotatable bonds is 0. The van der Waals surface area contributed by atoms with E-state index in [0.717, 1.165) is 5.56 Å². The molecule has 0 atom stereocenters. The number of hydrogen-bond donors (Lipinski definition) is 0. The number of aromatic nitrogens is 2. The number of nitrogens with zero attached hydrogens (tertiary/aromatic N) is 2. The van der Waals surface area contributed by atoms with E-state index >= 15 is 0 Å². The van der Waals surface area contributed by atoms with Crippen LogP contribution in [0.4, 0.5) is 0 Å². The van der Waals surface area contributed by atoms with Gasteiger partial charge < -0.3 is 0 Å². The van der Waals surface area contributed by atoms with Crippen molar-refractivity contribution >= 4 is 16.8 Å². The van der Waals surface area contributed by atoms with Crippen LogP contribution in [-0.2, 0) is 0 Å². The molecule has 0 bridgehead atoms. The van der Waals surface area contributed by atoms with Crippen LogP contribution in [-0.4, -0.2) is 15.5 Å². The van der Waals surface area contributed by atoms with E-state index in [0.29, 0.717) is 22.3 Å². The second-order valence-corrected chi connectivity index (χ2v) is 4.44. The van der Waals surface area contributed by atoms with Gasteiger partial charge >= 0.3 is 0 Å². The van der Waals surface area contributed by atoms with Crippen LogP contribution in [0.15, 0.2) is 53.3 Å². The summed E-state index contributed by atoms with van der Waals surface area (Å²) in [5.41, 5.74) is 1.62. The number of para-hydroxylation sites is 1. The van der Waals surface area contributed by atoms with Crippen LogP contribution in [0.2, 0.25) is 0 Å². The maximum atomic E-state index is 12.4. The molecule has 1 aromatic heterocycles. The Kier molecular flexibility index (Phi) is 1.82. The summed E-state index contributed by atoms with van der Waals surface area (Å²) in [4.78, 5) is 28.5. The topological polar surface area (TPSA) is 52.0 Å². The maximum absolute atomic E-state index is 12.4. The SMILES string of the molecule is O=C1c2ccccc2-c2nc(=O)c3ccccc3n21. The summed E-state index contributed by atoms with van der Waals surface area (Å²) >= 11 is 0. The van der Waals surface area contributed by atoms with Crippen molar-refractivity contribution in [2.24, 2.45) is 0 Å². The highest BCUT2D eigenvalue weighted by molar-refractivity contribution is 6.11. The van der Waals surface area contributed by atoms with Gasteiger partial charge in [-0.2, -0.15) is 4.98 Å². The number of carbonyl (C=O) groups excluding carboxylic acids is 1. The lowest BCUT2D eigenvalue weighted by molar-refractivity contribution is 0.0972. The summed E-state index contributed by atoms with van der Waals surface area (Å²) in [7, 11) is 0. The second kappa shape index (κ2) is 3.38. The molecule has 3 aromatic rings. The van der Waals surface area contributed by atoms with Crippen LogP contribution in [0.25, 0.3) is 22.3 Å². The van der Waals surface area contributed by atoms with E-state index in [2.05, 4.69) is 4.98 Å². The molecule has 1 aliphatic rings. The van der Waals surface area contributed by atoms with E-state index in [9.17, 15) is 9.59 Å². The molecule has 1 aliphatic heterocycles. The molecule has 2 aromatic carbocycles. The van der Waals surface area contributed by atoms with Crippen LogP contribution >= 0.6 is 0 Å². The van der Waals surface area contributed by atoms with Crippen molar-refractivity contribution in [3.05, 3.63) is 64.4 Å². The van der Waals surface area contributed by atoms with Gasteiger partial charge in [0.2, 0.25) is 0 Å². The van der Waals surface area contributed by atoms with Crippen molar-refractivity contribution in [1.82, 2.24) is 9.55 Å². The van der Waals surface area contributed by atoms with Gasteiger partial charge in [0.1, 0.15) is 0 Å². The third-order valence-corrected chi connectivity index (χ3v) is 3.40. The van der Waals surface area contributed by atoms with Crippen LogP contribution in [0.3, 0.4) is 0 Å². The summed E-state index contributed by atoms with van der Waals surface area (Å²) in [6, 6.07) is 14.3. The van der Waals surface area contributed by atoms with Crippen molar-refractivity contribution in [3.8, 4) is 11.4 Å². The number of carbonyl (C=O) groups is 1. The molecule has 0 amide bonds. The molecule has 0 fully saturated rings. The molecule has 19 heavy (non-hydrogen) atoms. The van der Waals surface area contributed by atoms with Crippen LogP contribution in [0.5, 0.6) is 0 Å². The third-order valence-electron chi connectivity index (χ3n) is 3.40. The van der Waals surface area contributed by atoms with Crippen molar-refractivity contribution in [1.29, 1.82) is 0 Å². The van der Waals surface area contributed by atoms with Crippen LogP contribution < -0.4 is 5.56 Å².